The van der Waals surface area contributed by atoms with E-state index in [0.29, 0.717) is 18.1 Å². The molecule has 0 spiro atoms. The first-order valence-corrected chi connectivity index (χ1v) is 9.03. The highest BCUT2D eigenvalue weighted by Gasteiger charge is 2.30. The molecule has 0 aliphatic rings. The van der Waals surface area contributed by atoms with Crippen molar-refractivity contribution in [2.45, 2.75) is 45.5 Å². The molecule has 4 nitrogen and oxygen atoms in total. The topological polar surface area (TPSA) is 49.3 Å². The molecule has 142 valence electrons. The van der Waals surface area contributed by atoms with Gasteiger partial charge in [-0.15, -0.1) is 11.3 Å². The van der Waals surface area contributed by atoms with Gasteiger partial charge >= 0.3 is 6.18 Å². The summed E-state index contributed by atoms with van der Waals surface area (Å²) in [6, 6.07) is 5.24. The van der Waals surface area contributed by atoms with Crippen LogP contribution in [-0.4, -0.2) is 18.0 Å². The monoisotopic (exact) mass is 384 g/mol. The van der Waals surface area contributed by atoms with Gasteiger partial charge in [0.2, 0.25) is 0 Å². The van der Waals surface area contributed by atoms with Crippen molar-refractivity contribution in [2.24, 2.45) is 4.99 Å². The lowest BCUT2D eigenvalue weighted by Crippen LogP contribution is -2.36. The smallest absolute Gasteiger partial charge is 0.352 e. The van der Waals surface area contributed by atoms with Crippen molar-refractivity contribution in [1.82, 2.24) is 15.6 Å². The fraction of sp³-hybridized carbons (Fsp3) is 0.444. The number of thiazole rings is 1. The molecule has 1 aromatic carbocycles. The molecule has 0 radical (unpaired) electrons. The van der Waals surface area contributed by atoms with E-state index in [1.807, 2.05) is 5.38 Å². The van der Waals surface area contributed by atoms with Gasteiger partial charge in [-0.3, -0.25) is 4.99 Å². The van der Waals surface area contributed by atoms with Crippen LogP contribution in [0.2, 0.25) is 0 Å². The molecule has 1 heterocycles. The van der Waals surface area contributed by atoms with E-state index in [1.54, 1.807) is 24.5 Å². The third-order valence-electron chi connectivity index (χ3n) is 3.67. The van der Waals surface area contributed by atoms with Crippen molar-refractivity contribution in [1.29, 1.82) is 0 Å². The largest absolute Gasteiger partial charge is 0.416 e. The molecule has 0 saturated carbocycles. The number of guanidine groups is 1. The summed E-state index contributed by atoms with van der Waals surface area (Å²) in [5.41, 5.74) is 0.911. The Morgan fingerprint density at radius 1 is 1.15 bits per heavy atom. The highest BCUT2D eigenvalue weighted by molar-refractivity contribution is 7.09. The average molecular weight is 384 g/mol. The highest BCUT2D eigenvalue weighted by Crippen LogP contribution is 2.29. The molecule has 0 bridgehead atoms. The van der Waals surface area contributed by atoms with E-state index in [0.717, 1.165) is 22.8 Å². The highest BCUT2D eigenvalue weighted by atomic mass is 32.1. The van der Waals surface area contributed by atoms with E-state index < -0.39 is 11.7 Å². The molecule has 0 aliphatic heterocycles. The summed E-state index contributed by atoms with van der Waals surface area (Å²) >= 11 is 1.57. The lowest BCUT2D eigenvalue weighted by molar-refractivity contribution is -0.137. The Balaban J connectivity index is 1.91. The second-order valence-electron chi connectivity index (χ2n) is 6.85. The predicted molar refractivity (Wildman–Crippen MR) is 99.3 cm³/mol. The minimum atomic E-state index is -4.34. The van der Waals surface area contributed by atoms with Crippen LogP contribution in [0.25, 0.3) is 0 Å². The fourth-order valence-electron chi connectivity index (χ4n) is 2.16. The summed E-state index contributed by atoms with van der Waals surface area (Å²) in [6.07, 6.45) is -4.34. The van der Waals surface area contributed by atoms with Crippen molar-refractivity contribution in [3.05, 3.63) is 51.5 Å². The fourth-order valence-corrected chi connectivity index (χ4v) is 3.12. The van der Waals surface area contributed by atoms with E-state index in [-0.39, 0.29) is 12.0 Å². The zero-order valence-electron chi connectivity index (χ0n) is 15.2. The van der Waals surface area contributed by atoms with Crippen LogP contribution >= 0.6 is 11.3 Å². The SMILES string of the molecule is CN=C(NCc1cccc(C(F)(F)F)c1)NCc1nc(C(C)(C)C)cs1. The number of hydrogen-bond acceptors (Lipinski definition) is 3. The van der Waals surface area contributed by atoms with Crippen molar-refractivity contribution >= 4 is 17.3 Å². The minimum absolute atomic E-state index is 0.00181. The molecule has 2 aromatic rings. The summed E-state index contributed by atoms with van der Waals surface area (Å²) in [5, 5.41) is 9.12. The molecule has 0 amide bonds. The Labute approximate surface area is 155 Å². The summed E-state index contributed by atoms with van der Waals surface area (Å²) in [7, 11) is 1.61. The van der Waals surface area contributed by atoms with Gasteiger partial charge in [-0.1, -0.05) is 32.9 Å². The number of alkyl halides is 3. The molecule has 26 heavy (non-hydrogen) atoms. The number of nitrogens with one attached hydrogen (secondary N) is 2. The van der Waals surface area contributed by atoms with Crippen LogP contribution in [0, 0.1) is 0 Å². The third kappa shape index (κ3) is 5.72. The Morgan fingerprint density at radius 2 is 1.85 bits per heavy atom. The van der Waals surface area contributed by atoms with Crippen LogP contribution in [0.1, 0.15) is 42.6 Å². The molecule has 0 fully saturated rings. The van der Waals surface area contributed by atoms with Gasteiger partial charge in [0.1, 0.15) is 5.01 Å². The first-order chi connectivity index (χ1) is 12.1. The zero-order chi connectivity index (χ0) is 19.4. The number of aliphatic imine (C=N–C) groups is 1. The van der Waals surface area contributed by atoms with Gasteiger partial charge in [0, 0.05) is 24.4 Å². The molecular weight excluding hydrogens is 361 g/mol. The first kappa shape index (κ1) is 20.2. The Hall–Kier alpha value is -2.09. The summed E-state index contributed by atoms with van der Waals surface area (Å²) in [5.74, 6) is 0.509. The van der Waals surface area contributed by atoms with E-state index in [1.165, 1.54) is 6.07 Å². The van der Waals surface area contributed by atoms with Crippen LogP contribution in [0.3, 0.4) is 0 Å². The van der Waals surface area contributed by atoms with Crippen LogP contribution < -0.4 is 10.6 Å². The maximum absolute atomic E-state index is 12.8. The Morgan fingerprint density at radius 3 is 2.42 bits per heavy atom. The number of hydrogen-bond donors (Lipinski definition) is 2. The standard InChI is InChI=1S/C18H23F3N4S/c1-17(2,3)14-11-26-15(25-14)10-24-16(22-4)23-9-12-6-5-7-13(8-12)18(19,20)21/h5-8,11H,9-10H2,1-4H3,(H2,22,23,24). The van der Waals surface area contributed by atoms with Gasteiger partial charge in [-0.05, 0) is 17.7 Å². The van der Waals surface area contributed by atoms with Crippen LogP contribution in [0.4, 0.5) is 13.2 Å². The number of halogens is 3. The summed E-state index contributed by atoms with van der Waals surface area (Å²) < 4.78 is 38.3. The summed E-state index contributed by atoms with van der Waals surface area (Å²) in [4.78, 5) is 8.69. The van der Waals surface area contributed by atoms with Crippen LogP contribution in [-0.2, 0) is 24.7 Å². The second-order valence-corrected chi connectivity index (χ2v) is 7.80. The quantitative estimate of drug-likeness (QED) is 0.610. The first-order valence-electron chi connectivity index (χ1n) is 8.15. The normalized spacial score (nSPS) is 13.0. The second kappa shape index (κ2) is 8.07. The molecule has 0 saturated heterocycles. The molecular formula is C18H23F3N4S. The number of nitrogens with zero attached hydrogens (tertiary/aromatic N) is 2. The van der Waals surface area contributed by atoms with Gasteiger partial charge in [0.25, 0.3) is 0 Å². The lowest BCUT2D eigenvalue weighted by atomic mass is 9.93. The van der Waals surface area contributed by atoms with Crippen molar-refractivity contribution in [3.63, 3.8) is 0 Å². The van der Waals surface area contributed by atoms with Gasteiger partial charge in [0.15, 0.2) is 5.96 Å². The van der Waals surface area contributed by atoms with Crippen molar-refractivity contribution in [3.8, 4) is 0 Å². The van der Waals surface area contributed by atoms with E-state index >= 15 is 0 Å². The van der Waals surface area contributed by atoms with E-state index in [9.17, 15) is 13.2 Å². The Kier molecular flexibility index (Phi) is 6.28. The molecule has 0 unspecified atom stereocenters. The average Bonchev–Trinajstić information content (AvgIpc) is 3.04. The van der Waals surface area contributed by atoms with Gasteiger partial charge < -0.3 is 10.6 Å². The zero-order valence-corrected chi connectivity index (χ0v) is 16.1. The third-order valence-corrected chi connectivity index (χ3v) is 4.51. The molecule has 8 heteroatoms. The molecule has 2 N–H and O–H groups in total. The maximum Gasteiger partial charge on any atom is 0.416 e. The van der Waals surface area contributed by atoms with E-state index in [4.69, 9.17) is 0 Å². The predicted octanol–water partition coefficient (Wildman–Crippen LogP) is 4.32. The lowest BCUT2D eigenvalue weighted by Gasteiger charge is -2.14. The molecule has 1 aromatic heterocycles. The van der Waals surface area contributed by atoms with Crippen LogP contribution in [0.5, 0.6) is 0 Å². The maximum atomic E-state index is 12.8. The van der Waals surface area contributed by atoms with Gasteiger partial charge in [-0.2, -0.15) is 13.2 Å². The van der Waals surface area contributed by atoms with Gasteiger partial charge in [-0.25, -0.2) is 4.98 Å². The molecule has 2 rings (SSSR count). The molecule has 0 atom stereocenters. The number of aromatic nitrogens is 1. The number of benzene rings is 1. The van der Waals surface area contributed by atoms with Gasteiger partial charge in [0.05, 0.1) is 17.8 Å². The van der Waals surface area contributed by atoms with Crippen LogP contribution in [0.15, 0.2) is 34.6 Å². The Bertz CT molecular complexity index is 760. The van der Waals surface area contributed by atoms with Crippen molar-refractivity contribution in [2.75, 3.05) is 7.05 Å². The van der Waals surface area contributed by atoms with Crippen molar-refractivity contribution < 1.29 is 13.2 Å². The number of rotatable bonds is 4. The van der Waals surface area contributed by atoms with E-state index in [2.05, 4.69) is 41.4 Å². The minimum Gasteiger partial charge on any atom is -0.352 e. The summed E-state index contributed by atoms with van der Waals surface area (Å²) in [6.45, 7) is 7.07. The molecule has 0 aliphatic carbocycles.